The van der Waals surface area contributed by atoms with E-state index in [1.54, 1.807) is 12.3 Å². The van der Waals surface area contributed by atoms with E-state index in [0.29, 0.717) is 5.56 Å². The minimum Gasteiger partial charge on any atom is -0.377 e. The Morgan fingerprint density at radius 3 is 3.29 bits per heavy atom. The fourth-order valence-electron chi connectivity index (χ4n) is 2.24. The molecule has 2 heterocycles. The van der Waals surface area contributed by atoms with Crippen molar-refractivity contribution in [3.05, 3.63) is 23.9 Å². The minimum atomic E-state index is 0.266. The standard InChI is InChI=1S/C13H17N3O/c1-2-17-12-6-4-8-16(10-12)13-11(9-14)5-3-7-15-13/h3,5,7,12H,2,4,6,8,10H2,1H3. The summed E-state index contributed by atoms with van der Waals surface area (Å²) >= 11 is 0. The molecule has 0 aromatic carbocycles. The summed E-state index contributed by atoms with van der Waals surface area (Å²) in [6.07, 6.45) is 4.19. The average molecular weight is 231 g/mol. The van der Waals surface area contributed by atoms with Gasteiger partial charge in [0.05, 0.1) is 11.7 Å². The molecule has 0 spiro atoms. The Morgan fingerprint density at radius 2 is 2.53 bits per heavy atom. The van der Waals surface area contributed by atoms with Crippen molar-refractivity contribution in [2.75, 3.05) is 24.6 Å². The lowest BCUT2D eigenvalue weighted by Crippen LogP contribution is -2.40. The van der Waals surface area contributed by atoms with Gasteiger partial charge in [0.1, 0.15) is 11.9 Å². The predicted octanol–water partition coefficient (Wildman–Crippen LogP) is 1.96. The maximum absolute atomic E-state index is 9.07. The number of piperidine rings is 1. The Hall–Kier alpha value is -1.60. The van der Waals surface area contributed by atoms with Crippen molar-refractivity contribution in [2.24, 2.45) is 0 Å². The zero-order valence-corrected chi connectivity index (χ0v) is 10.1. The van der Waals surface area contributed by atoms with Gasteiger partial charge in [-0.1, -0.05) is 0 Å². The highest BCUT2D eigenvalue weighted by Gasteiger charge is 2.22. The normalized spacial score (nSPS) is 20.0. The first-order chi connectivity index (χ1) is 8.35. The number of ether oxygens (including phenoxy) is 1. The number of nitrogens with zero attached hydrogens (tertiary/aromatic N) is 3. The molecule has 0 bridgehead atoms. The van der Waals surface area contributed by atoms with E-state index >= 15 is 0 Å². The largest absolute Gasteiger partial charge is 0.377 e. The number of hydrogen-bond donors (Lipinski definition) is 0. The van der Waals surface area contributed by atoms with Gasteiger partial charge in [-0.15, -0.1) is 0 Å². The Morgan fingerprint density at radius 1 is 1.65 bits per heavy atom. The maximum Gasteiger partial charge on any atom is 0.146 e. The highest BCUT2D eigenvalue weighted by molar-refractivity contribution is 5.53. The van der Waals surface area contributed by atoms with Gasteiger partial charge in [0.2, 0.25) is 0 Å². The van der Waals surface area contributed by atoms with Gasteiger partial charge >= 0.3 is 0 Å². The second-order valence-electron chi connectivity index (χ2n) is 4.15. The number of pyridine rings is 1. The molecule has 0 aliphatic carbocycles. The van der Waals surface area contributed by atoms with Crippen LogP contribution in [0.1, 0.15) is 25.3 Å². The first kappa shape index (κ1) is 11.9. The molecule has 1 aromatic rings. The van der Waals surface area contributed by atoms with Crippen LogP contribution in [0.15, 0.2) is 18.3 Å². The van der Waals surface area contributed by atoms with Crippen LogP contribution in [-0.4, -0.2) is 30.8 Å². The van der Waals surface area contributed by atoms with Crippen molar-refractivity contribution < 1.29 is 4.74 Å². The van der Waals surface area contributed by atoms with Crippen molar-refractivity contribution in [1.29, 1.82) is 5.26 Å². The van der Waals surface area contributed by atoms with Gasteiger partial charge in [-0.05, 0) is 31.9 Å². The van der Waals surface area contributed by atoms with E-state index in [9.17, 15) is 0 Å². The molecule has 4 heteroatoms. The highest BCUT2D eigenvalue weighted by atomic mass is 16.5. The molecule has 4 nitrogen and oxygen atoms in total. The van der Waals surface area contributed by atoms with Gasteiger partial charge in [0, 0.05) is 25.9 Å². The molecule has 1 aliphatic heterocycles. The SMILES string of the molecule is CCOC1CCCN(c2ncccc2C#N)C1. The third-order valence-corrected chi connectivity index (χ3v) is 2.99. The molecule has 0 amide bonds. The van der Waals surface area contributed by atoms with Crippen LogP contribution in [-0.2, 0) is 4.74 Å². The number of hydrogen-bond acceptors (Lipinski definition) is 4. The maximum atomic E-state index is 9.07. The van der Waals surface area contributed by atoms with E-state index < -0.39 is 0 Å². The van der Waals surface area contributed by atoms with Gasteiger partial charge in [-0.2, -0.15) is 5.26 Å². The summed E-state index contributed by atoms with van der Waals surface area (Å²) in [5.41, 5.74) is 0.643. The predicted molar refractivity (Wildman–Crippen MR) is 65.8 cm³/mol. The molecule has 17 heavy (non-hydrogen) atoms. The number of aromatic nitrogens is 1. The lowest BCUT2D eigenvalue weighted by molar-refractivity contribution is 0.0525. The second-order valence-corrected chi connectivity index (χ2v) is 4.15. The number of rotatable bonds is 3. The van der Waals surface area contributed by atoms with E-state index in [4.69, 9.17) is 10.00 Å². The Balaban J connectivity index is 2.14. The zero-order valence-electron chi connectivity index (χ0n) is 10.1. The Kier molecular flexibility index (Phi) is 3.94. The molecule has 1 fully saturated rings. The van der Waals surface area contributed by atoms with Crippen molar-refractivity contribution in [1.82, 2.24) is 4.98 Å². The van der Waals surface area contributed by atoms with Crippen molar-refractivity contribution >= 4 is 5.82 Å². The van der Waals surface area contributed by atoms with Crippen molar-refractivity contribution in [3.8, 4) is 6.07 Å². The third kappa shape index (κ3) is 2.75. The number of nitriles is 1. The summed E-state index contributed by atoms with van der Waals surface area (Å²) in [5, 5.41) is 9.07. The van der Waals surface area contributed by atoms with Gasteiger partial charge in [0.15, 0.2) is 0 Å². The number of anilines is 1. The second kappa shape index (κ2) is 5.65. The quantitative estimate of drug-likeness (QED) is 0.798. The van der Waals surface area contributed by atoms with Gasteiger partial charge in [0.25, 0.3) is 0 Å². The highest BCUT2D eigenvalue weighted by Crippen LogP contribution is 2.22. The van der Waals surface area contributed by atoms with Crippen LogP contribution in [0.3, 0.4) is 0 Å². The van der Waals surface area contributed by atoms with E-state index in [2.05, 4.69) is 16.0 Å². The fourth-order valence-corrected chi connectivity index (χ4v) is 2.24. The topological polar surface area (TPSA) is 49.1 Å². The summed E-state index contributed by atoms with van der Waals surface area (Å²) < 4.78 is 5.66. The molecule has 1 atom stereocenters. The summed E-state index contributed by atoms with van der Waals surface area (Å²) in [6, 6.07) is 5.80. The molecule has 1 saturated heterocycles. The third-order valence-electron chi connectivity index (χ3n) is 2.99. The fraction of sp³-hybridized carbons (Fsp3) is 0.538. The minimum absolute atomic E-state index is 0.266. The Bertz CT molecular complexity index is 411. The molecule has 1 aliphatic rings. The van der Waals surface area contributed by atoms with Crippen LogP contribution in [0.2, 0.25) is 0 Å². The van der Waals surface area contributed by atoms with E-state index in [1.807, 2.05) is 13.0 Å². The molecular weight excluding hydrogens is 214 g/mol. The summed E-state index contributed by atoms with van der Waals surface area (Å²) in [5.74, 6) is 0.791. The lowest BCUT2D eigenvalue weighted by atomic mass is 10.1. The molecule has 1 unspecified atom stereocenters. The molecule has 0 N–H and O–H groups in total. The van der Waals surface area contributed by atoms with Crippen LogP contribution in [0.5, 0.6) is 0 Å². The summed E-state index contributed by atoms with van der Waals surface area (Å²) in [6.45, 7) is 4.54. The van der Waals surface area contributed by atoms with Gasteiger partial charge < -0.3 is 9.64 Å². The average Bonchev–Trinajstić information content (AvgIpc) is 2.39. The van der Waals surface area contributed by atoms with Crippen molar-refractivity contribution in [3.63, 3.8) is 0 Å². The lowest BCUT2D eigenvalue weighted by Gasteiger charge is -2.33. The monoisotopic (exact) mass is 231 g/mol. The van der Waals surface area contributed by atoms with Crippen LogP contribution in [0.25, 0.3) is 0 Å². The Labute approximate surface area is 102 Å². The van der Waals surface area contributed by atoms with Crippen LogP contribution >= 0.6 is 0 Å². The van der Waals surface area contributed by atoms with Crippen LogP contribution in [0, 0.1) is 11.3 Å². The molecular formula is C13H17N3O. The van der Waals surface area contributed by atoms with Crippen LogP contribution in [0.4, 0.5) is 5.82 Å². The molecule has 2 rings (SSSR count). The molecule has 0 radical (unpaired) electrons. The smallest absolute Gasteiger partial charge is 0.146 e. The molecule has 90 valence electrons. The zero-order chi connectivity index (χ0) is 12.1. The molecule has 0 saturated carbocycles. The summed E-state index contributed by atoms with van der Waals surface area (Å²) in [7, 11) is 0. The van der Waals surface area contributed by atoms with E-state index in [1.165, 1.54) is 0 Å². The van der Waals surface area contributed by atoms with Crippen LogP contribution < -0.4 is 4.90 Å². The van der Waals surface area contributed by atoms with Gasteiger partial charge in [-0.3, -0.25) is 0 Å². The van der Waals surface area contributed by atoms with Crippen molar-refractivity contribution in [2.45, 2.75) is 25.9 Å². The van der Waals surface area contributed by atoms with E-state index in [-0.39, 0.29) is 6.10 Å². The van der Waals surface area contributed by atoms with E-state index in [0.717, 1.165) is 38.4 Å². The molecule has 1 aromatic heterocycles. The summed E-state index contributed by atoms with van der Waals surface area (Å²) in [4.78, 5) is 6.47. The van der Waals surface area contributed by atoms with Gasteiger partial charge in [-0.25, -0.2) is 4.98 Å². The first-order valence-electron chi connectivity index (χ1n) is 6.06. The first-order valence-corrected chi connectivity index (χ1v) is 6.06.